The van der Waals surface area contributed by atoms with Crippen molar-refractivity contribution in [1.29, 1.82) is 0 Å². The molecule has 0 amide bonds. The number of anilines is 1. The average molecular weight is 560 g/mol. The molecule has 1 atom stereocenters. The summed E-state index contributed by atoms with van der Waals surface area (Å²) in [5.74, 6) is -2.00. The summed E-state index contributed by atoms with van der Waals surface area (Å²) in [7, 11) is -4.13. The minimum Gasteiger partial charge on any atom is -0.462 e. The predicted molar refractivity (Wildman–Crippen MR) is 138 cm³/mol. The van der Waals surface area contributed by atoms with Crippen molar-refractivity contribution in [2.45, 2.75) is 31.8 Å². The van der Waals surface area contributed by atoms with E-state index in [1.807, 2.05) is 0 Å². The number of halogens is 1. The summed E-state index contributed by atoms with van der Waals surface area (Å²) in [4.78, 5) is 45.3. The van der Waals surface area contributed by atoms with Gasteiger partial charge in [0.05, 0.1) is 28.1 Å². The number of nitrogens with one attached hydrogen (secondary N) is 2. The number of para-hydroxylation sites is 1. The van der Waals surface area contributed by atoms with E-state index in [2.05, 4.69) is 14.7 Å². The number of H-pyrrole nitrogens is 1. The van der Waals surface area contributed by atoms with Gasteiger partial charge in [0.1, 0.15) is 15.5 Å². The van der Waals surface area contributed by atoms with Crippen molar-refractivity contribution in [2.75, 3.05) is 11.3 Å². The monoisotopic (exact) mass is 559 g/mol. The van der Waals surface area contributed by atoms with Crippen LogP contribution in [0.4, 0.5) is 10.1 Å². The maximum absolute atomic E-state index is 13.2. The van der Waals surface area contributed by atoms with Crippen molar-refractivity contribution < 1.29 is 31.9 Å². The molecule has 4 rings (SSSR count). The molecule has 10 nitrogen and oxygen atoms in total. The summed E-state index contributed by atoms with van der Waals surface area (Å²) in [6.07, 6.45) is -1.03. The molecule has 0 aliphatic rings. The van der Waals surface area contributed by atoms with Crippen LogP contribution in [-0.4, -0.2) is 36.9 Å². The molecule has 2 aromatic carbocycles. The summed E-state index contributed by atoms with van der Waals surface area (Å²) in [5, 5.41) is 0.237. The van der Waals surface area contributed by atoms with Crippen molar-refractivity contribution >= 4 is 49.2 Å². The van der Waals surface area contributed by atoms with Crippen LogP contribution in [0.5, 0.6) is 0 Å². The minimum atomic E-state index is -4.13. The number of nitrogens with zero attached hydrogens (tertiary/aromatic N) is 1. The summed E-state index contributed by atoms with van der Waals surface area (Å²) in [6, 6.07) is 9.99. The Bertz CT molecular complexity index is 1700. The Morgan fingerprint density at radius 1 is 1.13 bits per heavy atom. The highest BCUT2D eigenvalue weighted by atomic mass is 32.2. The number of aromatic nitrogens is 2. The standard InChI is InChI=1S/C25H22FN3O7S2/c1-4-35-25(32)20-13(2)19-22(30)27-21(28-23(19)37-20)14(3)36-24(31)17-7-5-6-8-18(17)29-38(33,34)16-11-9-15(26)10-12-16/h5-12,14,29H,4H2,1-3H3,(H,27,28,30)/t14-/m1/s1. The van der Waals surface area contributed by atoms with Crippen LogP contribution in [0.15, 0.2) is 58.2 Å². The lowest BCUT2D eigenvalue weighted by atomic mass is 10.2. The maximum Gasteiger partial charge on any atom is 0.348 e. The van der Waals surface area contributed by atoms with Crippen LogP contribution < -0.4 is 10.3 Å². The van der Waals surface area contributed by atoms with Crippen molar-refractivity contribution in [1.82, 2.24) is 9.97 Å². The molecule has 0 spiro atoms. The molecule has 4 aromatic rings. The molecule has 2 aromatic heterocycles. The Labute approximate surface area is 220 Å². The van der Waals surface area contributed by atoms with Gasteiger partial charge in [-0.05, 0) is 62.7 Å². The van der Waals surface area contributed by atoms with Crippen LogP contribution in [0.2, 0.25) is 0 Å². The smallest absolute Gasteiger partial charge is 0.348 e. The lowest BCUT2D eigenvalue weighted by Gasteiger charge is -2.15. The molecule has 0 saturated carbocycles. The number of ether oxygens (including phenoxy) is 2. The fraction of sp³-hybridized carbons (Fsp3) is 0.200. The van der Waals surface area contributed by atoms with Gasteiger partial charge in [-0.15, -0.1) is 11.3 Å². The molecule has 2 N–H and O–H groups in total. The van der Waals surface area contributed by atoms with E-state index in [0.29, 0.717) is 5.56 Å². The second-order valence-electron chi connectivity index (χ2n) is 8.06. The van der Waals surface area contributed by atoms with E-state index in [1.165, 1.54) is 31.2 Å². The summed E-state index contributed by atoms with van der Waals surface area (Å²) < 4.78 is 51.5. The van der Waals surface area contributed by atoms with Gasteiger partial charge in [-0.2, -0.15) is 0 Å². The van der Waals surface area contributed by atoms with E-state index in [9.17, 15) is 27.2 Å². The molecule has 0 aliphatic heterocycles. The Morgan fingerprint density at radius 3 is 2.50 bits per heavy atom. The first kappa shape index (κ1) is 26.9. The van der Waals surface area contributed by atoms with E-state index < -0.39 is 39.4 Å². The molecule has 0 aliphatic carbocycles. The molecule has 13 heteroatoms. The van der Waals surface area contributed by atoms with Crippen LogP contribution in [0.3, 0.4) is 0 Å². The molecule has 198 valence electrons. The lowest BCUT2D eigenvalue weighted by Crippen LogP contribution is -2.19. The molecular weight excluding hydrogens is 537 g/mol. The molecule has 0 fully saturated rings. The Kier molecular flexibility index (Phi) is 7.60. The molecule has 0 unspecified atom stereocenters. The highest BCUT2D eigenvalue weighted by Crippen LogP contribution is 2.29. The highest BCUT2D eigenvalue weighted by molar-refractivity contribution is 7.92. The third-order valence-corrected chi connectivity index (χ3v) is 8.01. The van der Waals surface area contributed by atoms with Gasteiger partial charge in [0.15, 0.2) is 11.9 Å². The second-order valence-corrected chi connectivity index (χ2v) is 10.7. The normalized spacial score (nSPS) is 12.2. The zero-order valence-corrected chi connectivity index (χ0v) is 22.0. The van der Waals surface area contributed by atoms with Crippen LogP contribution in [0, 0.1) is 12.7 Å². The number of esters is 2. The number of sulfonamides is 1. The van der Waals surface area contributed by atoms with Crippen LogP contribution in [-0.2, 0) is 19.5 Å². The first-order valence-corrected chi connectivity index (χ1v) is 13.6. The van der Waals surface area contributed by atoms with Crippen molar-refractivity contribution in [3.63, 3.8) is 0 Å². The molecule has 0 radical (unpaired) electrons. The number of aryl methyl sites for hydroxylation is 1. The number of hydrogen-bond donors (Lipinski definition) is 2. The predicted octanol–water partition coefficient (Wildman–Crippen LogP) is 4.33. The van der Waals surface area contributed by atoms with Gasteiger partial charge in [0.25, 0.3) is 15.6 Å². The topological polar surface area (TPSA) is 145 Å². The summed E-state index contributed by atoms with van der Waals surface area (Å²) in [5.41, 5.74) is -0.218. The van der Waals surface area contributed by atoms with Gasteiger partial charge in [-0.25, -0.2) is 27.4 Å². The van der Waals surface area contributed by atoms with Crippen molar-refractivity contribution in [3.8, 4) is 0 Å². The van der Waals surface area contributed by atoms with E-state index in [4.69, 9.17) is 9.47 Å². The number of carbonyl (C=O) groups excluding carboxylic acids is 2. The third-order valence-electron chi connectivity index (χ3n) is 5.46. The molecular formula is C25H22FN3O7S2. The minimum absolute atomic E-state index is 0.0388. The molecule has 0 bridgehead atoms. The van der Waals surface area contributed by atoms with Gasteiger partial charge in [-0.1, -0.05) is 12.1 Å². The number of thiophene rings is 1. The molecule has 0 saturated heterocycles. The van der Waals surface area contributed by atoms with Crippen LogP contribution in [0.25, 0.3) is 10.2 Å². The largest absolute Gasteiger partial charge is 0.462 e. The second kappa shape index (κ2) is 10.7. The van der Waals surface area contributed by atoms with E-state index in [0.717, 1.165) is 35.6 Å². The van der Waals surface area contributed by atoms with Gasteiger partial charge in [-0.3, -0.25) is 9.52 Å². The zero-order valence-electron chi connectivity index (χ0n) is 20.4. The van der Waals surface area contributed by atoms with Crippen molar-refractivity contribution in [3.05, 3.63) is 86.5 Å². The fourth-order valence-electron chi connectivity index (χ4n) is 3.59. The Balaban J connectivity index is 1.59. The first-order valence-electron chi connectivity index (χ1n) is 11.3. The SMILES string of the molecule is CCOC(=O)c1sc2nc([C@@H](C)OC(=O)c3ccccc3NS(=O)(=O)c3ccc(F)cc3)[nH]c(=O)c2c1C. The first-order chi connectivity index (χ1) is 18.0. The summed E-state index contributed by atoms with van der Waals surface area (Å²) >= 11 is 0.994. The number of benzene rings is 2. The van der Waals surface area contributed by atoms with E-state index in [-0.39, 0.29) is 43.7 Å². The Hall–Kier alpha value is -4.10. The van der Waals surface area contributed by atoms with Crippen LogP contribution in [0.1, 0.15) is 51.4 Å². The maximum atomic E-state index is 13.2. The molecule has 2 heterocycles. The number of fused-ring (bicyclic) bond motifs is 1. The number of aromatic amines is 1. The zero-order chi connectivity index (χ0) is 27.6. The number of rotatable bonds is 8. The van der Waals surface area contributed by atoms with Gasteiger partial charge in [0.2, 0.25) is 0 Å². The fourth-order valence-corrected chi connectivity index (χ4v) is 5.75. The van der Waals surface area contributed by atoms with Crippen LogP contribution >= 0.6 is 11.3 Å². The third kappa shape index (κ3) is 5.43. The quantitative estimate of drug-likeness (QED) is 0.304. The lowest BCUT2D eigenvalue weighted by molar-refractivity contribution is 0.0321. The number of hydrogen-bond acceptors (Lipinski definition) is 9. The highest BCUT2D eigenvalue weighted by Gasteiger charge is 2.24. The Morgan fingerprint density at radius 2 is 1.82 bits per heavy atom. The van der Waals surface area contributed by atoms with Crippen molar-refractivity contribution in [2.24, 2.45) is 0 Å². The van der Waals surface area contributed by atoms with E-state index in [1.54, 1.807) is 13.8 Å². The van der Waals surface area contributed by atoms with Gasteiger partial charge < -0.3 is 14.5 Å². The summed E-state index contributed by atoms with van der Waals surface area (Å²) in [6.45, 7) is 4.96. The number of carbonyl (C=O) groups is 2. The van der Waals surface area contributed by atoms with Gasteiger partial charge in [0, 0.05) is 0 Å². The van der Waals surface area contributed by atoms with E-state index >= 15 is 0 Å². The average Bonchev–Trinajstić information content (AvgIpc) is 3.21. The van der Waals surface area contributed by atoms with Gasteiger partial charge >= 0.3 is 11.9 Å². The molecule has 38 heavy (non-hydrogen) atoms.